The van der Waals surface area contributed by atoms with Crippen LogP contribution in [0.5, 0.6) is 0 Å². The quantitative estimate of drug-likeness (QED) is 0.793. The summed E-state index contributed by atoms with van der Waals surface area (Å²) in [7, 11) is 0. The molecule has 2 N–H and O–H groups in total. The zero-order chi connectivity index (χ0) is 21.6. The van der Waals surface area contributed by atoms with Crippen molar-refractivity contribution in [1.29, 1.82) is 5.26 Å². The van der Waals surface area contributed by atoms with E-state index in [1.54, 1.807) is 0 Å². The van der Waals surface area contributed by atoms with Crippen LogP contribution in [0.4, 0.5) is 0 Å². The third-order valence-corrected chi connectivity index (χ3v) is 7.55. The number of H-pyrrole nitrogens is 1. The summed E-state index contributed by atoms with van der Waals surface area (Å²) in [5, 5.41) is 13.4. The number of hydrogen-bond acceptors (Lipinski definition) is 3. The van der Waals surface area contributed by atoms with E-state index in [2.05, 4.69) is 41.5 Å². The first-order chi connectivity index (χ1) is 15.0. The third kappa shape index (κ3) is 3.71. The topological polar surface area (TPSA) is 89.0 Å². The van der Waals surface area contributed by atoms with Crippen LogP contribution in [-0.4, -0.2) is 33.8 Å². The molecule has 3 aliphatic rings. The maximum absolute atomic E-state index is 13.6. The fourth-order valence-corrected chi connectivity index (χ4v) is 5.53. The van der Waals surface area contributed by atoms with Crippen LogP contribution >= 0.6 is 0 Å². The summed E-state index contributed by atoms with van der Waals surface area (Å²) in [5.41, 5.74) is 4.27. The lowest BCUT2D eigenvalue weighted by atomic mass is 9.76. The molecule has 0 saturated heterocycles. The highest BCUT2D eigenvalue weighted by Crippen LogP contribution is 2.38. The molecule has 1 aromatic heterocycles. The number of para-hydroxylation sites is 1. The van der Waals surface area contributed by atoms with E-state index in [-0.39, 0.29) is 23.7 Å². The molecular weight excluding hydrogens is 388 g/mol. The zero-order valence-corrected chi connectivity index (χ0v) is 18.2. The minimum Gasteiger partial charge on any atom is -0.358 e. The number of nitrogens with one attached hydrogen (secondary N) is 2. The largest absolute Gasteiger partial charge is 0.358 e. The smallest absolute Gasteiger partial charge is 0.226 e. The molecule has 6 heteroatoms. The lowest BCUT2D eigenvalue weighted by Crippen LogP contribution is -2.44. The Morgan fingerprint density at radius 3 is 2.87 bits per heavy atom. The Balaban J connectivity index is 1.30. The standard InChI is InChI=1S/C25H30N4O2/c1-16-5-4-8-19-20-14-29(12-9-21(20)27-23(16)19)24(31)18-7-3-2-6-17(18)13-22(30)28-25(15-26)10-11-25/h4-5,8,17-18,27H,2-3,6-7,9-14H2,1H3,(H,28,30)/t17-,18-/m1/s1. The molecule has 2 fully saturated rings. The molecule has 0 bridgehead atoms. The number of aromatic amines is 1. The molecule has 2 saturated carbocycles. The highest BCUT2D eigenvalue weighted by molar-refractivity contribution is 5.88. The molecule has 6 nitrogen and oxygen atoms in total. The number of carbonyl (C=O) groups excluding carboxylic acids is 2. The van der Waals surface area contributed by atoms with Gasteiger partial charge in [0.05, 0.1) is 6.07 Å². The van der Waals surface area contributed by atoms with Gasteiger partial charge >= 0.3 is 0 Å². The molecule has 1 aliphatic heterocycles. The van der Waals surface area contributed by atoms with Crippen molar-refractivity contribution < 1.29 is 9.59 Å². The van der Waals surface area contributed by atoms with Gasteiger partial charge in [0.1, 0.15) is 5.54 Å². The number of aromatic nitrogens is 1. The monoisotopic (exact) mass is 418 g/mol. The second-order valence-corrected chi connectivity index (χ2v) is 9.69. The van der Waals surface area contributed by atoms with E-state index in [0.29, 0.717) is 13.0 Å². The molecule has 2 aromatic rings. The van der Waals surface area contributed by atoms with Crippen molar-refractivity contribution in [3.05, 3.63) is 35.0 Å². The van der Waals surface area contributed by atoms with Gasteiger partial charge in [-0.25, -0.2) is 0 Å². The predicted octanol–water partition coefficient (Wildman–Crippen LogP) is 3.73. The summed E-state index contributed by atoms with van der Waals surface area (Å²) in [5.74, 6) is 0.107. The van der Waals surface area contributed by atoms with Crippen molar-refractivity contribution >= 4 is 22.7 Å². The molecule has 1 aromatic carbocycles. The van der Waals surface area contributed by atoms with Crippen molar-refractivity contribution in [2.45, 2.75) is 70.4 Å². The van der Waals surface area contributed by atoms with Crippen LogP contribution in [0.25, 0.3) is 10.9 Å². The first kappa shape index (κ1) is 20.1. The number of nitriles is 1. The summed E-state index contributed by atoms with van der Waals surface area (Å²) in [6.07, 6.45) is 6.55. The predicted molar refractivity (Wildman–Crippen MR) is 118 cm³/mol. The Kier molecular flexibility index (Phi) is 5.00. The van der Waals surface area contributed by atoms with E-state index in [9.17, 15) is 14.9 Å². The summed E-state index contributed by atoms with van der Waals surface area (Å²) in [6.45, 7) is 3.48. The number of amides is 2. The average molecular weight is 419 g/mol. The van der Waals surface area contributed by atoms with E-state index in [0.717, 1.165) is 51.5 Å². The maximum Gasteiger partial charge on any atom is 0.226 e. The molecule has 0 radical (unpaired) electrons. The fourth-order valence-electron chi connectivity index (χ4n) is 5.53. The minimum atomic E-state index is -0.637. The minimum absolute atomic E-state index is 0.0716. The molecule has 0 spiro atoms. The Hall–Kier alpha value is -2.81. The number of carbonyl (C=O) groups is 2. The van der Waals surface area contributed by atoms with Gasteiger partial charge in [-0.2, -0.15) is 5.26 Å². The highest BCUT2D eigenvalue weighted by Gasteiger charge is 2.45. The van der Waals surface area contributed by atoms with Crippen LogP contribution in [0.15, 0.2) is 18.2 Å². The van der Waals surface area contributed by atoms with E-state index < -0.39 is 5.54 Å². The van der Waals surface area contributed by atoms with E-state index in [4.69, 9.17) is 0 Å². The highest BCUT2D eigenvalue weighted by atomic mass is 16.2. The van der Waals surface area contributed by atoms with Crippen molar-refractivity contribution in [2.24, 2.45) is 11.8 Å². The number of rotatable bonds is 4. The summed E-state index contributed by atoms with van der Waals surface area (Å²) >= 11 is 0. The first-order valence-corrected chi connectivity index (χ1v) is 11.6. The fraction of sp³-hybridized carbons (Fsp3) is 0.560. The van der Waals surface area contributed by atoms with Gasteiger partial charge in [0, 0.05) is 54.0 Å². The van der Waals surface area contributed by atoms with Crippen molar-refractivity contribution in [3.8, 4) is 6.07 Å². The Labute approximate surface area is 183 Å². The van der Waals surface area contributed by atoms with E-state index in [1.165, 1.54) is 27.7 Å². The molecule has 2 amide bonds. The summed E-state index contributed by atoms with van der Waals surface area (Å²) < 4.78 is 0. The normalized spacial score (nSPS) is 24.3. The van der Waals surface area contributed by atoms with E-state index in [1.807, 2.05) is 4.90 Å². The summed E-state index contributed by atoms with van der Waals surface area (Å²) in [6, 6.07) is 8.56. The molecule has 0 unspecified atom stereocenters. The van der Waals surface area contributed by atoms with Crippen LogP contribution in [0.3, 0.4) is 0 Å². The Bertz CT molecular complexity index is 1080. The van der Waals surface area contributed by atoms with Crippen LogP contribution < -0.4 is 5.32 Å². The van der Waals surface area contributed by atoms with Gasteiger partial charge in [0.25, 0.3) is 0 Å². The number of benzene rings is 1. The summed E-state index contributed by atoms with van der Waals surface area (Å²) in [4.78, 5) is 31.7. The van der Waals surface area contributed by atoms with Crippen molar-refractivity contribution in [2.75, 3.05) is 6.54 Å². The number of nitrogens with zero attached hydrogens (tertiary/aromatic N) is 2. The lowest BCUT2D eigenvalue weighted by molar-refractivity contribution is -0.140. The zero-order valence-electron chi connectivity index (χ0n) is 18.2. The Morgan fingerprint density at radius 2 is 2.10 bits per heavy atom. The van der Waals surface area contributed by atoms with Crippen LogP contribution in [0.2, 0.25) is 0 Å². The van der Waals surface area contributed by atoms with Crippen LogP contribution in [0.1, 0.15) is 61.8 Å². The second-order valence-electron chi connectivity index (χ2n) is 9.69. The number of hydrogen-bond donors (Lipinski definition) is 2. The first-order valence-electron chi connectivity index (χ1n) is 11.6. The maximum atomic E-state index is 13.6. The van der Waals surface area contributed by atoms with Crippen molar-refractivity contribution in [3.63, 3.8) is 0 Å². The molecule has 2 heterocycles. The van der Waals surface area contributed by atoms with Crippen LogP contribution in [0, 0.1) is 30.1 Å². The van der Waals surface area contributed by atoms with Crippen LogP contribution in [-0.2, 0) is 22.6 Å². The number of aryl methyl sites for hydroxylation is 1. The molecular formula is C25H30N4O2. The third-order valence-electron chi connectivity index (χ3n) is 7.55. The Morgan fingerprint density at radius 1 is 1.29 bits per heavy atom. The SMILES string of the molecule is Cc1cccc2c3c([nH]c12)CCN(C(=O)[C@@H]1CCCC[C@@H]1CC(=O)NC1(C#N)CC1)C3. The van der Waals surface area contributed by atoms with Gasteiger partial charge in [-0.15, -0.1) is 0 Å². The average Bonchev–Trinajstić information content (AvgIpc) is 3.44. The van der Waals surface area contributed by atoms with Gasteiger partial charge in [0.2, 0.25) is 11.8 Å². The van der Waals surface area contributed by atoms with Gasteiger partial charge in [-0.05, 0) is 44.1 Å². The molecule has 162 valence electrons. The lowest BCUT2D eigenvalue weighted by Gasteiger charge is -2.36. The molecule has 31 heavy (non-hydrogen) atoms. The number of fused-ring (bicyclic) bond motifs is 3. The second kappa shape index (κ2) is 7.71. The van der Waals surface area contributed by atoms with Gasteiger partial charge in [-0.3, -0.25) is 9.59 Å². The molecule has 2 atom stereocenters. The molecule has 5 rings (SSSR count). The van der Waals surface area contributed by atoms with Gasteiger partial charge in [-0.1, -0.05) is 31.0 Å². The van der Waals surface area contributed by atoms with Gasteiger partial charge < -0.3 is 15.2 Å². The molecule has 2 aliphatic carbocycles. The van der Waals surface area contributed by atoms with E-state index >= 15 is 0 Å². The van der Waals surface area contributed by atoms with Crippen molar-refractivity contribution in [1.82, 2.24) is 15.2 Å². The van der Waals surface area contributed by atoms with Gasteiger partial charge in [0.15, 0.2) is 0 Å².